The Morgan fingerprint density at radius 2 is 1.90 bits per heavy atom. The van der Waals surface area contributed by atoms with Gasteiger partial charge >= 0.3 is 0 Å². The molecule has 8 nitrogen and oxygen atoms in total. The molecule has 0 aliphatic rings. The minimum atomic E-state index is -0.413. The van der Waals surface area contributed by atoms with E-state index in [1.807, 2.05) is 57.2 Å². The van der Waals surface area contributed by atoms with Crippen molar-refractivity contribution in [2.24, 2.45) is 0 Å². The topological polar surface area (TPSA) is 114 Å². The minimum absolute atomic E-state index is 0.0461. The summed E-state index contributed by atoms with van der Waals surface area (Å²) in [6, 6.07) is 16.1. The number of nitrogens with one attached hydrogen (secondary N) is 2. The number of aryl methyl sites for hydroxylation is 1. The Bertz CT molecular complexity index is 1750. The van der Waals surface area contributed by atoms with Gasteiger partial charge in [-0.05, 0) is 53.5 Å². The van der Waals surface area contributed by atoms with Crippen molar-refractivity contribution in [2.45, 2.75) is 39.0 Å². The van der Waals surface area contributed by atoms with Gasteiger partial charge in [-0.2, -0.15) is 4.98 Å². The number of hydrogen-bond acceptors (Lipinski definition) is 6. The molecule has 40 heavy (non-hydrogen) atoms. The number of halogens is 1. The van der Waals surface area contributed by atoms with Gasteiger partial charge in [-0.15, -0.1) is 0 Å². The van der Waals surface area contributed by atoms with Crippen LogP contribution in [0.3, 0.4) is 0 Å². The number of para-hydroxylation sites is 1. The fourth-order valence-corrected chi connectivity index (χ4v) is 4.35. The lowest BCUT2D eigenvalue weighted by Crippen LogP contribution is -2.13. The van der Waals surface area contributed by atoms with E-state index in [4.69, 9.17) is 4.52 Å². The number of hydrogen-bond donors (Lipinski definition) is 2. The summed E-state index contributed by atoms with van der Waals surface area (Å²) in [7, 11) is 0. The Hall–Kier alpha value is -4.92. The highest BCUT2D eigenvalue weighted by atomic mass is 19.1. The third kappa shape index (κ3) is 5.44. The second-order valence-corrected chi connectivity index (χ2v) is 10.4. The van der Waals surface area contributed by atoms with Crippen molar-refractivity contribution < 1.29 is 18.5 Å². The van der Waals surface area contributed by atoms with Crippen molar-refractivity contribution in [3.8, 4) is 22.4 Å². The standard InChI is InChI=1S/C31H28FN5O3/c1-5-27(39)34-24-9-7-6-8-21(24)25-17-22-20(14-15-33-28(22)35-25)19-11-10-18(23(32)16-19)12-13-26(38)29-36-30(37-40-29)31(2,3)4/h5-11,14-17H,1,12-13H2,2-4H3,(H,33,35)(H,34,39). The molecule has 0 aliphatic heterocycles. The number of carbonyl (C=O) groups excluding carboxylic acids is 2. The highest BCUT2D eigenvalue weighted by Gasteiger charge is 2.24. The molecule has 0 fully saturated rings. The van der Waals surface area contributed by atoms with Gasteiger partial charge in [-0.25, -0.2) is 9.37 Å². The number of Topliss-reactive ketones (excluding diaryl/α,β-unsaturated/α-hetero) is 1. The van der Waals surface area contributed by atoms with Gasteiger partial charge < -0.3 is 14.8 Å². The summed E-state index contributed by atoms with van der Waals surface area (Å²) < 4.78 is 20.3. The molecule has 0 unspecified atom stereocenters. The third-order valence-corrected chi connectivity index (χ3v) is 6.51. The average molecular weight is 538 g/mol. The van der Waals surface area contributed by atoms with E-state index in [9.17, 15) is 9.59 Å². The predicted octanol–water partition coefficient (Wildman–Crippen LogP) is 6.66. The number of carbonyl (C=O) groups is 2. The zero-order valence-electron chi connectivity index (χ0n) is 22.4. The summed E-state index contributed by atoms with van der Waals surface area (Å²) in [4.78, 5) is 36.4. The van der Waals surface area contributed by atoms with E-state index < -0.39 is 5.82 Å². The molecular formula is C31H28FN5O3. The highest BCUT2D eigenvalue weighted by Crippen LogP contribution is 2.34. The van der Waals surface area contributed by atoms with Crippen molar-refractivity contribution in [3.63, 3.8) is 0 Å². The zero-order chi connectivity index (χ0) is 28.4. The van der Waals surface area contributed by atoms with Crippen LogP contribution >= 0.6 is 0 Å². The Balaban J connectivity index is 1.38. The molecule has 3 heterocycles. The molecule has 0 saturated heterocycles. The largest absolute Gasteiger partial charge is 0.339 e. The van der Waals surface area contributed by atoms with E-state index in [0.29, 0.717) is 28.3 Å². The van der Waals surface area contributed by atoms with Crippen molar-refractivity contribution in [1.29, 1.82) is 0 Å². The molecule has 1 amide bonds. The van der Waals surface area contributed by atoms with E-state index >= 15 is 4.39 Å². The molecule has 5 aromatic rings. The van der Waals surface area contributed by atoms with Gasteiger partial charge in [0, 0.05) is 34.7 Å². The number of anilines is 1. The molecule has 202 valence electrons. The van der Waals surface area contributed by atoms with Crippen LogP contribution in [0.15, 0.2) is 78.0 Å². The number of aromatic amines is 1. The molecule has 3 aromatic heterocycles. The van der Waals surface area contributed by atoms with E-state index in [-0.39, 0.29) is 35.8 Å². The van der Waals surface area contributed by atoms with Crippen LogP contribution in [0.2, 0.25) is 0 Å². The van der Waals surface area contributed by atoms with E-state index in [2.05, 4.69) is 32.0 Å². The summed E-state index contributed by atoms with van der Waals surface area (Å²) in [6.45, 7) is 9.29. The van der Waals surface area contributed by atoms with Gasteiger partial charge in [0.1, 0.15) is 11.5 Å². The van der Waals surface area contributed by atoms with Crippen LogP contribution in [-0.4, -0.2) is 31.8 Å². The lowest BCUT2D eigenvalue weighted by Gasteiger charge is -2.10. The van der Waals surface area contributed by atoms with Gasteiger partial charge in [0.25, 0.3) is 5.89 Å². The number of H-pyrrole nitrogens is 1. The number of ketones is 1. The maximum atomic E-state index is 15.2. The fraction of sp³-hybridized carbons (Fsp3) is 0.194. The summed E-state index contributed by atoms with van der Waals surface area (Å²) >= 11 is 0. The number of nitrogens with zero attached hydrogens (tertiary/aromatic N) is 3. The summed E-state index contributed by atoms with van der Waals surface area (Å²) in [5, 5.41) is 7.50. The Kier molecular flexibility index (Phi) is 7.13. The Morgan fingerprint density at radius 3 is 2.62 bits per heavy atom. The molecule has 0 radical (unpaired) electrons. The highest BCUT2D eigenvalue weighted by molar-refractivity contribution is 6.03. The first-order valence-corrected chi connectivity index (χ1v) is 12.8. The molecule has 0 aliphatic carbocycles. The second-order valence-electron chi connectivity index (χ2n) is 10.4. The molecular weight excluding hydrogens is 509 g/mol. The van der Waals surface area contributed by atoms with Gasteiger partial charge in [-0.3, -0.25) is 9.59 Å². The predicted molar refractivity (Wildman–Crippen MR) is 151 cm³/mol. The number of fused-ring (bicyclic) bond motifs is 1. The van der Waals surface area contributed by atoms with Crippen LogP contribution in [0.4, 0.5) is 10.1 Å². The molecule has 2 N–H and O–H groups in total. The summed E-state index contributed by atoms with van der Waals surface area (Å²) in [5.74, 6) is -0.662. The lowest BCUT2D eigenvalue weighted by molar-refractivity contribution is -0.111. The quantitative estimate of drug-likeness (QED) is 0.169. The maximum absolute atomic E-state index is 15.2. The minimum Gasteiger partial charge on any atom is -0.339 e. The molecule has 0 spiro atoms. The second kappa shape index (κ2) is 10.7. The molecule has 5 rings (SSSR count). The van der Waals surface area contributed by atoms with Crippen LogP contribution in [0.1, 0.15) is 49.3 Å². The summed E-state index contributed by atoms with van der Waals surface area (Å²) in [5.41, 5.74) is 4.33. The molecule has 2 aromatic carbocycles. The van der Waals surface area contributed by atoms with E-state index in [1.165, 1.54) is 12.1 Å². The SMILES string of the molecule is C=CC(=O)Nc1ccccc1-c1cc2c(-c3ccc(CCC(=O)c4nc(C(C)(C)C)no4)c(F)c3)ccnc2[nH]1. The smallest absolute Gasteiger partial charge is 0.294 e. The average Bonchev–Trinajstić information content (AvgIpc) is 3.60. The maximum Gasteiger partial charge on any atom is 0.294 e. The zero-order valence-corrected chi connectivity index (χ0v) is 22.4. The van der Waals surface area contributed by atoms with Gasteiger partial charge in [0.15, 0.2) is 5.82 Å². The molecule has 0 saturated carbocycles. The van der Waals surface area contributed by atoms with Gasteiger partial charge in [-0.1, -0.05) is 62.8 Å². The first-order valence-electron chi connectivity index (χ1n) is 12.8. The van der Waals surface area contributed by atoms with Crippen LogP contribution in [-0.2, 0) is 16.6 Å². The van der Waals surface area contributed by atoms with Crippen molar-refractivity contribution in [1.82, 2.24) is 20.1 Å². The third-order valence-electron chi connectivity index (χ3n) is 6.51. The molecule has 9 heteroatoms. The van der Waals surface area contributed by atoms with Gasteiger partial charge in [0.05, 0.1) is 5.69 Å². The lowest BCUT2D eigenvalue weighted by atomic mass is 9.96. The van der Waals surface area contributed by atoms with E-state index in [0.717, 1.165) is 22.2 Å². The first kappa shape index (κ1) is 26.7. The van der Waals surface area contributed by atoms with Crippen molar-refractivity contribution in [3.05, 3.63) is 96.5 Å². The molecule has 0 bridgehead atoms. The van der Waals surface area contributed by atoms with Crippen LogP contribution in [0, 0.1) is 5.82 Å². The molecule has 0 atom stereocenters. The van der Waals surface area contributed by atoms with Crippen LogP contribution in [0.25, 0.3) is 33.4 Å². The van der Waals surface area contributed by atoms with Crippen LogP contribution < -0.4 is 5.32 Å². The van der Waals surface area contributed by atoms with Crippen molar-refractivity contribution >= 4 is 28.4 Å². The van der Waals surface area contributed by atoms with Crippen molar-refractivity contribution in [2.75, 3.05) is 5.32 Å². The number of rotatable bonds is 8. The van der Waals surface area contributed by atoms with E-state index in [1.54, 1.807) is 18.3 Å². The normalized spacial score (nSPS) is 11.5. The number of amides is 1. The number of pyridine rings is 1. The fourth-order valence-electron chi connectivity index (χ4n) is 4.35. The summed E-state index contributed by atoms with van der Waals surface area (Å²) in [6.07, 6.45) is 3.11. The van der Waals surface area contributed by atoms with Crippen LogP contribution in [0.5, 0.6) is 0 Å². The monoisotopic (exact) mass is 537 g/mol. The number of benzene rings is 2. The Morgan fingerprint density at radius 1 is 1.10 bits per heavy atom. The van der Waals surface area contributed by atoms with Gasteiger partial charge in [0.2, 0.25) is 11.7 Å². The Labute approximate surface area is 230 Å². The number of aromatic nitrogens is 4. The first-order chi connectivity index (χ1) is 19.1.